The van der Waals surface area contributed by atoms with Crippen LogP contribution >= 0.6 is 0 Å². The van der Waals surface area contributed by atoms with Crippen molar-refractivity contribution >= 4 is 5.97 Å². The molecule has 1 fully saturated rings. The molecule has 0 bridgehead atoms. The van der Waals surface area contributed by atoms with Gasteiger partial charge in [-0.2, -0.15) is 0 Å². The summed E-state index contributed by atoms with van der Waals surface area (Å²) in [6, 6.07) is -0.809. The second-order valence-electron chi connectivity index (χ2n) is 4.05. The van der Waals surface area contributed by atoms with Gasteiger partial charge in [0.25, 0.3) is 0 Å². The Balaban J connectivity index is 2.65. The highest BCUT2D eigenvalue weighted by atomic mass is 16.4. The third-order valence-corrected chi connectivity index (χ3v) is 2.73. The minimum atomic E-state index is -1.31. The van der Waals surface area contributed by atoms with Crippen LogP contribution in [0.1, 0.15) is 12.8 Å². The lowest BCUT2D eigenvalue weighted by Gasteiger charge is -2.32. The van der Waals surface area contributed by atoms with Crippen molar-refractivity contribution in [2.75, 3.05) is 19.8 Å². The lowest BCUT2D eigenvalue weighted by atomic mass is 10.0. The van der Waals surface area contributed by atoms with Crippen molar-refractivity contribution in [2.24, 2.45) is 5.92 Å². The van der Waals surface area contributed by atoms with E-state index in [4.69, 9.17) is 20.4 Å². The number of carboxylic acids is 1. The summed E-state index contributed by atoms with van der Waals surface area (Å²) in [5, 5.41) is 38.7. The fourth-order valence-corrected chi connectivity index (χ4v) is 1.43. The first-order valence-electron chi connectivity index (χ1n) is 4.91. The molecule has 0 aromatic heterocycles. The number of nitrogens with one attached hydrogen (secondary N) is 1. The Kier molecular flexibility index (Phi) is 4.04. The van der Waals surface area contributed by atoms with E-state index < -0.39 is 37.4 Å². The van der Waals surface area contributed by atoms with Crippen LogP contribution in [0.15, 0.2) is 0 Å². The van der Waals surface area contributed by atoms with E-state index in [1.165, 1.54) is 0 Å². The lowest BCUT2D eigenvalue weighted by molar-refractivity contribution is -0.141. The molecule has 6 nitrogen and oxygen atoms in total. The van der Waals surface area contributed by atoms with Crippen LogP contribution in [0.3, 0.4) is 0 Å². The van der Waals surface area contributed by atoms with E-state index >= 15 is 0 Å². The number of carbonyl (C=O) groups is 1. The van der Waals surface area contributed by atoms with Crippen molar-refractivity contribution in [3.8, 4) is 0 Å². The zero-order valence-corrected chi connectivity index (χ0v) is 8.39. The van der Waals surface area contributed by atoms with Gasteiger partial charge in [-0.1, -0.05) is 0 Å². The molecule has 1 rings (SSSR count). The van der Waals surface area contributed by atoms with E-state index in [0.717, 1.165) is 12.8 Å². The number of hydrogen-bond acceptors (Lipinski definition) is 5. The summed E-state index contributed by atoms with van der Waals surface area (Å²) in [4.78, 5) is 10.9. The van der Waals surface area contributed by atoms with Crippen molar-refractivity contribution in [3.63, 3.8) is 0 Å². The Morgan fingerprint density at radius 2 is 1.73 bits per heavy atom. The largest absolute Gasteiger partial charge is 0.480 e. The SMILES string of the molecule is O=C(O)C(NC(CO)(CO)CO)C1CC1. The molecule has 0 saturated heterocycles. The Labute approximate surface area is 87.5 Å². The monoisotopic (exact) mass is 219 g/mol. The van der Waals surface area contributed by atoms with Crippen LogP contribution in [0.2, 0.25) is 0 Å². The van der Waals surface area contributed by atoms with E-state index in [1.54, 1.807) is 0 Å². The summed E-state index contributed by atoms with van der Waals surface area (Å²) in [5.41, 5.74) is -1.31. The standard InChI is InChI=1S/C9H17NO5/c11-3-9(4-12,5-13)10-7(8(14)15)6-1-2-6/h6-7,10-13H,1-5H2,(H,14,15). The van der Waals surface area contributed by atoms with Gasteiger partial charge in [0.2, 0.25) is 0 Å². The molecule has 0 amide bonds. The second-order valence-corrected chi connectivity index (χ2v) is 4.05. The Bertz CT molecular complexity index is 216. The molecule has 1 unspecified atom stereocenters. The van der Waals surface area contributed by atoms with Gasteiger partial charge in [-0.15, -0.1) is 0 Å². The topological polar surface area (TPSA) is 110 Å². The molecule has 88 valence electrons. The van der Waals surface area contributed by atoms with Gasteiger partial charge in [0, 0.05) is 0 Å². The zero-order chi connectivity index (χ0) is 11.5. The molecular weight excluding hydrogens is 202 g/mol. The molecule has 15 heavy (non-hydrogen) atoms. The maximum atomic E-state index is 10.9. The number of aliphatic hydroxyl groups is 3. The highest BCUT2D eigenvalue weighted by Crippen LogP contribution is 2.33. The predicted octanol–water partition coefficient (Wildman–Crippen LogP) is -1.85. The molecule has 0 heterocycles. The average molecular weight is 219 g/mol. The number of aliphatic carboxylic acids is 1. The number of hydrogen-bond donors (Lipinski definition) is 5. The average Bonchev–Trinajstić information content (AvgIpc) is 3.04. The number of aliphatic hydroxyl groups excluding tert-OH is 3. The first kappa shape index (κ1) is 12.4. The summed E-state index contributed by atoms with van der Waals surface area (Å²) < 4.78 is 0. The predicted molar refractivity (Wildman–Crippen MR) is 51.3 cm³/mol. The fourth-order valence-electron chi connectivity index (χ4n) is 1.43. The van der Waals surface area contributed by atoms with Gasteiger partial charge < -0.3 is 20.4 Å². The molecule has 0 radical (unpaired) electrons. The number of rotatable bonds is 7. The Morgan fingerprint density at radius 1 is 1.27 bits per heavy atom. The highest BCUT2D eigenvalue weighted by Gasteiger charge is 2.41. The van der Waals surface area contributed by atoms with Crippen LogP contribution in [0.5, 0.6) is 0 Å². The van der Waals surface area contributed by atoms with Crippen LogP contribution < -0.4 is 5.32 Å². The van der Waals surface area contributed by atoms with Gasteiger partial charge >= 0.3 is 5.97 Å². The summed E-state index contributed by atoms with van der Waals surface area (Å²) in [6.07, 6.45) is 1.64. The van der Waals surface area contributed by atoms with Crippen LogP contribution in [-0.4, -0.2) is 57.8 Å². The first-order valence-corrected chi connectivity index (χ1v) is 4.91. The summed E-state index contributed by atoms with van der Waals surface area (Å²) in [6.45, 7) is -1.51. The van der Waals surface area contributed by atoms with E-state index in [-0.39, 0.29) is 5.92 Å². The Hall–Kier alpha value is -0.690. The molecular formula is C9H17NO5. The van der Waals surface area contributed by atoms with Crippen molar-refractivity contribution in [1.29, 1.82) is 0 Å². The van der Waals surface area contributed by atoms with Gasteiger partial charge in [0.1, 0.15) is 6.04 Å². The summed E-state index contributed by atoms with van der Waals surface area (Å²) in [7, 11) is 0. The number of carboxylic acid groups (broad SMARTS) is 1. The van der Waals surface area contributed by atoms with Crippen LogP contribution in [0.25, 0.3) is 0 Å². The smallest absolute Gasteiger partial charge is 0.321 e. The van der Waals surface area contributed by atoms with Crippen molar-refractivity contribution in [3.05, 3.63) is 0 Å². The van der Waals surface area contributed by atoms with Gasteiger partial charge in [-0.25, -0.2) is 0 Å². The third kappa shape index (κ3) is 2.88. The third-order valence-electron chi connectivity index (χ3n) is 2.73. The van der Waals surface area contributed by atoms with E-state index in [2.05, 4.69) is 5.32 Å². The summed E-state index contributed by atoms with van der Waals surface area (Å²) in [5.74, 6) is -0.983. The molecule has 1 aliphatic carbocycles. The van der Waals surface area contributed by atoms with Crippen molar-refractivity contribution < 1.29 is 25.2 Å². The van der Waals surface area contributed by atoms with Gasteiger partial charge in [0.15, 0.2) is 0 Å². The maximum absolute atomic E-state index is 10.9. The molecule has 5 N–H and O–H groups in total. The van der Waals surface area contributed by atoms with Crippen LogP contribution in [-0.2, 0) is 4.79 Å². The normalized spacial score (nSPS) is 18.9. The van der Waals surface area contributed by atoms with Gasteiger partial charge in [0.05, 0.1) is 25.4 Å². The molecule has 0 spiro atoms. The minimum Gasteiger partial charge on any atom is -0.480 e. The van der Waals surface area contributed by atoms with E-state index in [0.29, 0.717) is 0 Å². The maximum Gasteiger partial charge on any atom is 0.321 e. The van der Waals surface area contributed by atoms with Crippen LogP contribution in [0.4, 0.5) is 0 Å². The fraction of sp³-hybridized carbons (Fsp3) is 0.889. The minimum absolute atomic E-state index is 0.0338. The van der Waals surface area contributed by atoms with Crippen molar-refractivity contribution in [2.45, 2.75) is 24.4 Å². The molecule has 1 atom stereocenters. The van der Waals surface area contributed by atoms with E-state index in [1.807, 2.05) is 0 Å². The molecule has 0 aromatic rings. The van der Waals surface area contributed by atoms with Crippen molar-refractivity contribution in [1.82, 2.24) is 5.32 Å². The van der Waals surface area contributed by atoms with Gasteiger partial charge in [-0.05, 0) is 18.8 Å². The lowest BCUT2D eigenvalue weighted by Crippen LogP contribution is -2.60. The summed E-state index contributed by atoms with van der Waals surface area (Å²) >= 11 is 0. The molecule has 0 aliphatic heterocycles. The Morgan fingerprint density at radius 3 is 2.00 bits per heavy atom. The van der Waals surface area contributed by atoms with E-state index in [9.17, 15) is 4.79 Å². The quantitative estimate of drug-likeness (QED) is 0.344. The zero-order valence-electron chi connectivity index (χ0n) is 8.39. The second kappa shape index (κ2) is 4.89. The van der Waals surface area contributed by atoms with Gasteiger partial charge in [-0.3, -0.25) is 10.1 Å². The molecule has 6 heteroatoms. The highest BCUT2D eigenvalue weighted by molar-refractivity contribution is 5.74. The molecule has 1 saturated carbocycles. The molecule has 1 aliphatic rings. The van der Waals surface area contributed by atoms with Crippen LogP contribution in [0, 0.1) is 5.92 Å². The molecule has 0 aromatic carbocycles. The first-order chi connectivity index (χ1) is 7.08.